The van der Waals surface area contributed by atoms with Gasteiger partial charge in [0.05, 0.1) is 6.54 Å². The Balaban J connectivity index is 0.00000225. The van der Waals surface area contributed by atoms with Crippen molar-refractivity contribution in [1.29, 1.82) is 0 Å². The van der Waals surface area contributed by atoms with Gasteiger partial charge < -0.3 is 10.4 Å². The van der Waals surface area contributed by atoms with Gasteiger partial charge in [0, 0.05) is 6.54 Å². The number of rotatable bonds is 5. The maximum atomic E-state index is 11.4. The molecule has 1 unspecified atom stereocenters. The van der Waals surface area contributed by atoms with Gasteiger partial charge >= 0.3 is 5.97 Å². The Labute approximate surface area is 102 Å². The van der Waals surface area contributed by atoms with E-state index in [1.165, 1.54) is 0 Å². The van der Waals surface area contributed by atoms with Crippen LogP contribution in [0, 0.1) is 0 Å². The van der Waals surface area contributed by atoms with Gasteiger partial charge in [0.2, 0.25) is 5.91 Å². The normalized spacial score (nSPS) is 20.2. The minimum atomic E-state index is -0.823. The lowest BCUT2D eigenvalue weighted by Gasteiger charge is -2.20. The summed E-state index contributed by atoms with van der Waals surface area (Å²) in [6.07, 6.45) is 2.41. The number of likely N-dealkylation sites (tertiary alicyclic amines) is 1. The predicted octanol–water partition coefficient (Wildman–Crippen LogP) is 0.483. The van der Waals surface area contributed by atoms with E-state index in [-0.39, 0.29) is 24.9 Å². The summed E-state index contributed by atoms with van der Waals surface area (Å²) < 4.78 is 0. The van der Waals surface area contributed by atoms with Crippen LogP contribution in [0.25, 0.3) is 0 Å². The van der Waals surface area contributed by atoms with Gasteiger partial charge in [0.1, 0.15) is 6.04 Å². The zero-order valence-electron chi connectivity index (χ0n) is 9.44. The minimum Gasteiger partial charge on any atom is -0.480 e. The zero-order valence-corrected chi connectivity index (χ0v) is 10.3. The highest BCUT2D eigenvalue weighted by Crippen LogP contribution is 2.16. The zero-order chi connectivity index (χ0) is 11.3. The second-order valence-corrected chi connectivity index (χ2v) is 3.82. The van der Waals surface area contributed by atoms with Crippen LogP contribution in [0.15, 0.2) is 0 Å². The van der Waals surface area contributed by atoms with Gasteiger partial charge in [-0.05, 0) is 25.8 Å². The number of amides is 1. The number of nitrogens with zero attached hydrogens (tertiary/aromatic N) is 1. The first-order valence-corrected chi connectivity index (χ1v) is 5.38. The molecule has 0 aliphatic carbocycles. The van der Waals surface area contributed by atoms with Crippen molar-refractivity contribution in [3.05, 3.63) is 0 Å². The van der Waals surface area contributed by atoms with Gasteiger partial charge in [-0.3, -0.25) is 14.5 Å². The molecular weight excluding hydrogens is 232 g/mol. The lowest BCUT2D eigenvalue weighted by molar-refractivity contribution is -0.142. The molecule has 1 heterocycles. The summed E-state index contributed by atoms with van der Waals surface area (Å²) in [7, 11) is 0. The number of hydrogen-bond donors (Lipinski definition) is 2. The van der Waals surface area contributed by atoms with Crippen LogP contribution in [0.3, 0.4) is 0 Å². The summed E-state index contributed by atoms with van der Waals surface area (Å²) in [5, 5.41) is 11.6. The minimum absolute atomic E-state index is 0. The first-order valence-electron chi connectivity index (χ1n) is 5.38. The molecule has 0 saturated carbocycles. The van der Waals surface area contributed by atoms with Gasteiger partial charge in [-0.15, -0.1) is 12.4 Å². The van der Waals surface area contributed by atoms with Crippen molar-refractivity contribution >= 4 is 24.3 Å². The molecule has 0 aromatic carbocycles. The maximum Gasteiger partial charge on any atom is 0.320 e. The van der Waals surface area contributed by atoms with E-state index in [0.717, 1.165) is 12.8 Å². The van der Waals surface area contributed by atoms with E-state index in [0.29, 0.717) is 19.5 Å². The molecule has 1 amide bonds. The Morgan fingerprint density at radius 2 is 2.19 bits per heavy atom. The average Bonchev–Trinajstić information content (AvgIpc) is 2.62. The SMILES string of the molecule is CCCNC(=O)CN1CCCC1C(=O)O.Cl. The van der Waals surface area contributed by atoms with Crippen LogP contribution in [0.1, 0.15) is 26.2 Å². The highest BCUT2D eigenvalue weighted by molar-refractivity contribution is 5.85. The van der Waals surface area contributed by atoms with Crippen LogP contribution in [-0.2, 0) is 9.59 Å². The van der Waals surface area contributed by atoms with Crippen LogP contribution in [0.2, 0.25) is 0 Å². The number of carbonyl (C=O) groups is 2. The smallest absolute Gasteiger partial charge is 0.320 e. The van der Waals surface area contributed by atoms with E-state index in [4.69, 9.17) is 5.11 Å². The predicted molar refractivity (Wildman–Crippen MR) is 62.8 cm³/mol. The highest BCUT2D eigenvalue weighted by Gasteiger charge is 2.31. The molecule has 0 spiro atoms. The van der Waals surface area contributed by atoms with Crippen LogP contribution in [-0.4, -0.2) is 47.6 Å². The number of hydrogen-bond acceptors (Lipinski definition) is 3. The number of carboxylic acids is 1. The molecule has 1 aliphatic rings. The van der Waals surface area contributed by atoms with Crippen molar-refractivity contribution in [3.63, 3.8) is 0 Å². The van der Waals surface area contributed by atoms with E-state index >= 15 is 0 Å². The maximum absolute atomic E-state index is 11.4. The summed E-state index contributed by atoms with van der Waals surface area (Å²) in [6.45, 7) is 3.55. The standard InChI is InChI=1S/C10H18N2O3.ClH/c1-2-5-11-9(13)7-12-6-3-4-8(12)10(14)15;/h8H,2-7H2,1H3,(H,11,13)(H,14,15);1H. The van der Waals surface area contributed by atoms with Crippen molar-refractivity contribution in [1.82, 2.24) is 10.2 Å². The first kappa shape index (κ1) is 15.2. The van der Waals surface area contributed by atoms with Gasteiger partial charge in [-0.25, -0.2) is 0 Å². The van der Waals surface area contributed by atoms with Crippen molar-refractivity contribution in [2.24, 2.45) is 0 Å². The van der Waals surface area contributed by atoms with Crippen molar-refractivity contribution in [3.8, 4) is 0 Å². The highest BCUT2D eigenvalue weighted by atomic mass is 35.5. The number of aliphatic carboxylic acids is 1. The molecule has 5 nitrogen and oxygen atoms in total. The summed E-state index contributed by atoms with van der Waals surface area (Å²) in [5.74, 6) is -0.902. The van der Waals surface area contributed by atoms with E-state index in [1.54, 1.807) is 4.90 Å². The van der Waals surface area contributed by atoms with E-state index < -0.39 is 12.0 Å². The number of carboxylic acid groups (broad SMARTS) is 1. The summed E-state index contributed by atoms with van der Waals surface area (Å²) >= 11 is 0. The molecule has 1 saturated heterocycles. The van der Waals surface area contributed by atoms with E-state index in [2.05, 4.69) is 5.32 Å². The van der Waals surface area contributed by atoms with Crippen LogP contribution in [0.5, 0.6) is 0 Å². The molecule has 0 radical (unpaired) electrons. The van der Waals surface area contributed by atoms with Crippen molar-refractivity contribution < 1.29 is 14.7 Å². The Bertz CT molecular complexity index is 248. The molecule has 0 aromatic rings. The average molecular weight is 251 g/mol. The topological polar surface area (TPSA) is 69.6 Å². The second kappa shape index (κ2) is 7.46. The quantitative estimate of drug-likeness (QED) is 0.745. The van der Waals surface area contributed by atoms with Gasteiger partial charge in [0.15, 0.2) is 0 Å². The fourth-order valence-electron chi connectivity index (χ4n) is 1.80. The molecule has 0 bridgehead atoms. The molecule has 16 heavy (non-hydrogen) atoms. The van der Waals surface area contributed by atoms with Crippen molar-refractivity contribution in [2.75, 3.05) is 19.6 Å². The summed E-state index contributed by atoms with van der Waals surface area (Å²) in [5.41, 5.74) is 0. The third-order valence-corrected chi connectivity index (χ3v) is 2.57. The molecule has 2 N–H and O–H groups in total. The van der Waals surface area contributed by atoms with Crippen molar-refractivity contribution in [2.45, 2.75) is 32.2 Å². The Hall–Kier alpha value is -0.810. The summed E-state index contributed by atoms with van der Waals surface area (Å²) in [6, 6.07) is -0.475. The van der Waals surface area contributed by atoms with Gasteiger partial charge in [-0.1, -0.05) is 6.92 Å². The molecule has 1 rings (SSSR count). The van der Waals surface area contributed by atoms with Gasteiger partial charge in [-0.2, -0.15) is 0 Å². The van der Waals surface area contributed by atoms with E-state index in [9.17, 15) is 9.59 Å². The lowest BCUT2D eigenvalue weighted by Crippen LogP contribution is -2.43. The number of halogens is 1. The fourth-order valence-corrected chi connectivity index (χ4v) is 1.80. The second-order valence-electron chi connectivity index (χ2n) is 3.82. The van der Waals surface area contributed by atoms with Gasteiger partial charge in [0.25, 0.3) is 0 Å². The summed E-state index contributed by atoms with van der Waals surface area (Å²) in [4.78, 5) is 23.9. The molecule has 6 heteroatoms. The molecule has 1 atom stereocenters. The third-order valence-electron chi connectivity index (χ3n) is 2.57. The molecule has 1 fully saturated rings. The van der Waals surface area contributed by atoms with Crippen LogP contribution >= 0.6 is 12.4 Å². The lowest BCUT2D eigenvalue weighted by atomic mass is 10.2. The molecular formula is C10H19ClN2O3. The number of carbonyl (C=O) groups excluding carboxylic acids is 1. The fraction of sp³-hybridized carbons (Fsp3) is 0.800. The Kier molecular flexibility index (Phi) is 7.08. The largest absolute Gasteiger partial charge is 0.480 e. The molecule has 1 aliphatic heterocycles. The van der Waals surface area contributed by atoms with E-state index in [1.807, 2.05) is 6.92 Å². The molecule has 0 aromatic heterocycles. The third kappa shape index (κ3) is 4.37. The monoisotopic (exact) mass is 250 g/mol. The van der Waals surface area contributed by atoms with Crippen LogP contribution < -0.4 is 5.32 Å². The number of nitrogens with one attached hydrogen (secondary N) is 1. The molecule has 94 valence electrons. The first-order chi connectivity index (χ1) is 7.15. The van der Waals surface area contributed by atoms with Crippen LogP contribution in [0.4, 0.5) is 0 Å². The Morgan fingerprint density at radius 1 is 1.50 bits per heavy atom. The Morgan fingerprint density at radius 3 is 2.75 bits per heavy atom.